The fourth-order valence-corrected chi connectivity index (χ4v) is 5.77. The van der Waals surface area contributed by atoms with Crippen molar-refractivity contribution < 1.29 is 17.9 Å². The molecule has 1 saturated heterocycles. The van der Waals surface area contributed by atoms with Crippen molar-refractivity contribution in [2.75, 3.05) is 18.4 Å². The molecule has 7 heteroatoms. The summed E-state index contributed by atoms with van der Waals surface area (Å²) >= 11 is 0. The molecule has 166 valence electrons. The first-order valence-corrected chi connectivity index (χ1v) is 12.6. The van der Waals surface area contributed by atoms with Gasteiger partial charge in [0, 0.05) is 18.8 Å². The van der Waals surface area contributed by atoms with Crippen LogP contribution in [-0.2, 0) is 27.7 Å². The van der Waals surface area contributed by atoms with E-state index in [1.165, 1.54) is 24.0 Å². The summed E-state index contributed by atoms with van der Waals surface area (Å²) in [5, 5.41) is 2.81. The zero-order chi connectivity index (χ0) is 21.8. The van der Waals surface area contributed by atoms with Gasteiger partial charge in [-0.15, -0.1) is 0 Å². The van der Waals surface area contributed by atoms with E-state index in [0.717, 1.165) is 32.1 Å². The molecule has 0 radical (unpaired) electrons. The summed E-state index contributed by atoms with van der Waals surface area (Å²) in [6.45, 7) is 2.85. The van der Waals surface area contributed by atoms with Gasteiger partial charge >= 0.3 is 0 Å². The second-order valence-electron chi connectivity index (χ2n) is 8.38. The number of nitrogens with one attached hydrogen (secondary N) is 1. The molecule has 1 N–H and O–H groups in total. The minimum Gasteiger partial charge on any atom is -0.481 e. The lowest BCUT2D eigenvalue weighted by Gasteiger charge is -2.25. The van der Waals surface area contributed by atoms with Crippen molar-refractivity contribution in [3.05, 3.63) is 53.6 Å². The Balaban J connectivity index is 1.37. The molecule has 2 aromatic carbocycles. The number of rotatable bonds is 6. The highest BCUT2D eigenvalue weighted by molar-refractivity contribution is 7.89. The molecule has 2 aliphatic rings. The molecule has 2 aromatic rings. The summed E-state index contributed by atoms with van der Waals surface area (Å²) in [6.07, 6.45) is 6.78. The molecule has 0 spiro atoms. The number of ether oxygens (including phenoxy) is 1. The Morgan fingerprint density at radius 3 is 2.32 bits per heavy atom. The van der Waals surface area contributed by atoms with Gasteiger partial charge in [0.1, 0.15) is 5.75 Å². The highest BCUT2D eigenvalue weighted by Crippen LogP contribution is 2.26. The molecule has 1 aliphatic carbocycles. The first-order valence-electron chi connectivity index (χ1n) is 11.1. The smallest absolute Gasteiger partial charge is 0.265 e. The third kappa shape index (κ3) is 5.10. The molecule has 1 amide bonds. The Hall–Kier alpha value is -2.38. The van der Waals surface area contributed by atoms with E-state index < -0.39 is 16.1 Å². The summed E-state index contributed by atoms with van der Waals surface area (Å²) in [5.74, 6) is 0.427. The van der Waals surface area contributed by atoms with Crippen molar-refractivity contribution in [3.63, 3.8) is 0 Å². The minimum absolute atomic E-state index is 0.255. The summed E-state index contributed by atoms with van der Waals surface area (Å²) in [6, 6.07) is 12.4. The molecule has 0 bridgehead atoms. The molecule has 31 heavy (non-hydrogen) atoms. The van der Waals surface area contributed by atoms with E-state index in [1.54, 1.807) is 35.5 Å². The number of benzene rings is 2. The summed E-state index contributed by atoms with van der Waals surface area (Å²) in [4.78, 5) is 12.8. The number of fused-ring (bicyclic) bond motifs is 1. The average Bonchev–Trinajstić information content (AvgIpc) is 2.80. The van der Waals surface area contributed by atoms with E-state index in [1.807, 2.05) is 12.1 Å². The number of hydrogen-bond donors (Lipinski definition) is 1. The van der Waals surface area contributed by atoms with Crippen LogP contribution in [-0.4, -0.2) is 37.8 Å². The number of carbonyl (C=O) groups is 1. The lowest BCUT2D eigenvalue weighted by molar-refractivity contribution is -0.122. The van der Waals surface area contributed by atoms with E-state index in [0.29, 0.717) is 24.5 Å². The second-order valence-corrected chi connectivity index (χ2v) is 10.3. The Kier molecular flexibility index (Phi) is 6.62. The van der Waals surface area contributed by atoms with Crippen LogP contribution in [0.15, 0.2) is 47.4 Å². The molecule has 1 unspecified atom stereocenters. The highest BCUT2D eigenvalue weighted by atomic mass is 32.2. The third-order valence-electron chi connectivity index (χ3n) is 6.08. The second kappa shape index (κ2) is 9.40. The maximum absolute atomic E-state index is 12.8. The van der Waals surface area contributed by atoms with E-state index in [2.05, 4.69) is 11.4 Å². The lowest BCUT2D eigenvalue weighted by Crippen LogP contribution is -2.35. The van der Waals surface area contributed by atoms with Crippen LogP contribution in [0.25, 0.3) is 0 Å². The number of nitrogens with zero attached hydrogens (tertiary/aromatic N) is 1. The number of hydrogen-bond acceptors (Lipinski definition) is 4. The van der Waals surface area contributed by atoms with Crippen LogP contribution in [0.4, 0.5) is 5.69 Å². The average molecular weight is 443 g/mol. The molecule has 1 fully saturated rings. The predicted molar refractivity (Wildman–Crippen MR) is 121 cm³/mol. The lowest BCUT2D eigenvalue weighted by atomic mass is 9.92. The SMILES string of the molecule is CC(Oc1ccc2c(c1)CCCC2)C(=O)Nc1ccc(S(=O)(=O)N2CCCCC2)cc1. The van der Waals surface area contributed by atoms with Gasteiger partial charge in [-0.3, -0.25) is 4.79 Å². The molecule has 0 aromatic heterocycles. The number of anilines is 1. The van der Waals surface area contributed by atoms with Gasteiger partial charge in [0.25, 0.3) is 5.91 Å². The van der Waals surface area contributed by atoms with E-state index in [-0.39, 0.29) is 10.8 Å². The third-order valence-corrected chi connectivity index (χ3v) is 7.99. The number of piperidine rings is 1. The standard InChI is InChI=1S/C24H30N2O4S/c1-18(30-22-12-9-19-7-3-4-8-20(19)17-22)24(27)25-21-10-13-23(14-11-21)31(28,29)26-15-5-2-6-16-26/h9-14,17-18H,2-8,15-16H2,1H3,(H,25,27). The van der Waals surface area contributed by atoms with E-state index >= 15 is 0 Å². The van der Waals surface area contributed by atoms with Gasteiger partial charge in [0.05, 0.1) is 4.90 Å². The van der Waals surface area contributed by atoms with Gasteiger partial charge in [0.2, 0.25) is 10.0 Å². The van der Waals surface area contributed by atoms with Gasteiger partial charge in [0.15, 0.2) is 6.10 Å². The van der Waals surface area contributed by atoms with Gasteiger partial charge in [-0.2, -0.15) is 4.31 Å². The first-order chi connectivity index (χ1) is 14.9. The van der Waals surface area contributed by atoms with Crippen LogP contribution in [0.1, 0.15) is 50.2 Å². The van der Waals surface area contributed by atoms with Crippen molar-refractivity contribution in [1.29, 1.82) is 0 Å². The molecule has 1 heterocycles. The number of amides is 1. The van der Waals surface area contributed by atoms with Crippen molar-refractivity contribution in [2.24, 2.45) is 0 Å². The van der Waals surface area contributed by atoms with Gasteiger partial charge < -0.3 is 10.1 Å². The zero-order valence-electron chi connectivity index (χ0n) is 18.0. The van der Waals surface area contributed by atoms with Crippen molar-refractivity contribution >= 4 is 21.6 Å². The predicted octanol–water partition coefficient (Wildman–Crippen LogP) is 4.15. The van der Waals surface area contributed by atoms with Crippen LogP contribution >= 0.6 is 0 Å². The maximum Gasteiger partial charge on any atom is 0.265 e. The maximum atomic E-state index is 12.8. The fraction of sp³-hybridized carbons (Fsp3) is 0.458. The van der Waals surface area contributed by atoms with Crippen LogP contribution in [0, 0.1) is 0 Å². The number of sulfonamides is 1. The first kappa shape index (κ1) is 21.8. The molecular weight excluding hydrogens is 412 g/mol. The number of aryl methyl sites for hydroxylation is 2. The number of carbonyl (C=O) groups excluding carboxylic acids is 1. The van der Waals surface area contributed by atoms with Crippen LogP contribution in [0.3, 0.4) is 0 Å². The van der Waals surface area contributed by atoms with Crippen LogP contribution in [0.2, 0.25) is 0 Å². The fourth-order valence-electron chi connectivity index (χ4n) is 4.25. The van der Waals surface area contributed by atoms with Crippen LogP contribution < -0.4 is 10.1 Å². The summed E-state index contributed by atoms with van der Waals surface area (Å²) < 4.78 is 32.9. The van der Waals surface area contributed by atoms with Crippen molar-refractivity contribution in [3.8, 4) is 5.75 Å². The van der Waals surface area contributed by atoms with E-state index in [9.17, 15) is 13.2 Å². The molecule has 0 saturated carbocycles. The van der Waals surface area contributed by atoms with Gasteiger partial charge in [-0.05, 0) is 93.0 Å². The minimum atomic E-state index is -3.48. The van der Waals surface area contributed by atoms with E-state index in [4.69, 9.17) is 4.74 Å². The molecule has 1 atom stereocenters. The Morgan fingerprint density at radius 1 is 0.935 bits per heavy atom. The molecule has 1 aliphatic heterocycles. The summed E-state index contributed by atoms with van der Waals surface area (Å²) in [7, 11) is -3.48. The monoisotopic (exact) mass is 442 g/mol. The largest absolute Gasteiger partial charge is 0.481 e. The highest BCUT2D eigenvalue weighted by Gasteiger charge is 2.26. The van der Waals surface area contributed by atoms with Crippen molar-refractivity contribution in [2.45, 2.75) is 62.9 Å². The molecule has 6 nitrogen and oxygen atoms in total. The summed E-state index contributed by atoms with van der Waals surface area (Å²) in [5.41, 5.74) is 3.22. The Labute approximate surface area is 184 Å². The van der Waals surface area contributed by atoms with Crippen molar-refractivity contribution in [1.82, 2.24) is 4.31 Å². The normalized spacial score (nSPS) is 18.1. The Morgan fingerprint density at radius 2 is 1.61 bits per heavy atom. The topological polar surface area (TPSA) is 75.7 Å². The Bertz CT molecular complexity index is 1030. The molecular formula is C24H30N2O4S. The van der Waals surface area contributed by atoms with Gasteiger partial charge in [-0.1, -0.05) is 12.5 Å². The molecule has 4 rings (SSSR count). The quantitative estimate of drug-likeness (QED) is 0.729. The van der Waals surface area contributed by atoms with Gasteiger partial charge in [-0.25, -0.2) is 8.42 Å². The van der Waals surface area contributed by atoms with Crippen LogP contribution in [0.5, 0.6) is 5.75 Å². The zero-order valence-corrected chi connectivity index (χ0v) is 18.8.